The molecule has 6 nitrogen and oxygen atoms in total. The van der Waals surface area contributed by atoms with Crippen molar-refractivity contribution in [3.8, 4) is 5.75 Å². The van der Waals surface area contributed by atoms with Crippen LogP contribution in [0.2, 0.25) is 0 Å². The van der Waals surface area contributed by atoms with Gasteiger partial charge in [0, 0.05) is 6.54 Å². The number of aromatic hydroxyl groups is 1. The normalized spacial score (nSPS) is 18.0. The summed E-state index contributed by atoms with van der Waals surface area (Å²) in [5, 5.41) is 12.8. The molecule has 0 unspecified atom stereocenters. The zero-order chi connectivity index (χ0) is 21.4. The Labute approximate surface area is 170 Å². The first-order valence-corrected chi connectivity index (χ1v) is 10.9. The van der Waals surface area contributed by atoms with E-state index in [2.05, 4.69) is 5.32 Å². The molecule has 0 bridgehead atoms. The summed E-state index contributed by atoms with van der Waals surface area (Å²) >= 11 is 0. The Morgan fingerprint density at radius 3 is 2.45 bits per heavy atom. The van der Waals surface area contributed by atoms with Crippen LogP contribution in [0.25, 0.3) is 0 Å². The molecule has 1 aliphatic heterocycles. The van der Waals surface area contributed by atoms with Gasteiger partial charge in [0.05, 0.1) is 10.6 Å². The lowest BCUT2D eigenvalue weighted by atomic mass is 9.87. The molecule has 156 valence electrons. The van der Waals surface area contributed by atoms with Gasteiger partial charge in [0.1, 0.15) is 17.6 Å². The van der Waals surface area contributed by atoms with E-state index in [0.29, 0.717) is 12.8 Å². The van der Waals surface area contributed by atoms with Crippen molar-refractivity contribution in [2.75, 3.05) is 11.9 Å². The Hall–Kier alpha value is -2.45. The number of amides is 1. The zero-order valence-corrected chi connectivity index (χ0v) is 17.5. The number of hydrogen-bond donors (Lipinski definition) is 2. The molecule has 1 aliphatic rings. The summed E-state index contributed by atoms with van der Waals surface area (Å²) < 4.78 is 40.2. The molecule has 3 rings (SSSR count). The van der Waals surface area contributed by atoms with Crippen molar-refractivity contribution in [3.05, 3.63) is 53.8 Å². The number of nitrogens with one attached hydrogen (secondary N) is 1. The number of nitrogens with zero attached hydrogens (tertiary/aromatic N) is 1. The topological polar surface area (TPSA) is 86.7 Å². The molecule has 2 N–H and O–H groups in total. The van der Waals surface area contributed by atoms with Gasteiger partial charge in [-0.25, -0.2) is 12.8 Å². The number of phenols is 1. The van der Waals surface area contributed by atoms with E-state index in [0.717, 1.165) is 22.0 Å². The summed E-state index contributed by atoms with van der Waals surface area (Å²) in [6.45, 7) is 6.24. The summed E-state index contributed by atoms with van der Waals surface area (Å²) in [4.78, 5) is 12.8. The van der Waals surface area contributed by atoms with Crippen LogP contribution in [0.4, 0.5) is 10.1 Å². The quantitative estimate of drug-likeness (QED) is 0.740. The van der Waals surface area contributed by atoms with Gasteiger partial charge in [-0.05, 0) is 60.2 Å². The molecule has 29 heavy (non-hydrogen) atoms. The van der Waals surface area contributed by atoms with Crippen LogP contribution in [0.15, 0.2) is 47.4 Å². The van der Waals surface area contributed by atoms with Gasteiger partial charge >= 0.3 is 0 Å². The molecule has 8 heteroatoms. The molecule has 0 radical (unpaired) electrons. The minimum atomic E-state index is -3.94. The first-order valence-electron chi connectivity index (χ1n) is 9.42. The van der Waals surface area contributed by atoms with Crippen molar-refractivity contribution in [2.45, 2.75) is 50.0 Å². The van der Waals surface area contributed by atoms with Crippen LogP contribution in [0, 0.1) is 5.82 Å². The third-order valence-corrected chi connectivity index (χ3v) is 6.97. The SMILES string of the molecule is CC(C)(C)c1ccc(O)c(NC(=O)[C@@H]2CCCN2S(=O)(=O)c2ccc(F)cc2)c1. The second kappa shape index (κ2) is 7.76. The molecule has 0 saturated carbocycles. The molecular formula is C21H25FN2O4S. The molecule has 1 amide bonds. The highest BCUT2D eigenvalue weighted by Crippen LogP contribution is 2.32. The third-order valence-electron chi connectivity index (χ3n) is 5.05. The van der Waals surface area contributed by atoms with Crippen molar-refractivity contribution in [3.63, 3.8) is 0 Å². The van der Waals surface area contributed by atoms with Gasteiger partial charge < -0.3 is 10.4 Å². The Bertz CT molecular complexity index is 1010. The van der Waals surface area contributed by atoms with Gasteiger partial charge in [-0.2, -0.15) is 4.31 Å². The number of anilines is 1. The molecule has 2 aromatic carbocycles. The van der Waals surface area contributed by atoms with Crippen molar-refractivity contribution in [2.24, 2.45) is 0 Å². The monoisotopic (exact) mass is 420 g/mol. The third kappa shape index (κ3) is 4.43. The van der Waals surface area contributed by atoms with Gasteiger partial charge in [-0.3, -0.25) is 4.79 Å². The molecule has 2 aromatic rings. The van der Waals surface area contributed by atoms with Gasteiger partial charge in [-0.15, -0.1) is 0 Å². The fraction of sp³-hybridized carbons (Fsp3) is 0.381. The highest BCUT2D eigenvalue weighted by molar-refractivity contribution is 7.89. The predicted molar refractivity (Wildman–Crippen MR) is 109 cm³/mol. The number of carbonyl (C=O) groups excluding carboxylic acids is 1. The first kappa shape index (κ1) is 21.3. The van der Waals surface area contributed by atoms with Crippen LogP contribution >= 0.6 is 0 Å². The molecular weight excluding hydrogens is 395 g/mol. The van der Waals surface area contributed by atoms with Crippen LogP contribution < -0.4 is 5.32 Å². The Kier molecular flexibility index (Phi) is 5.69. The fourth-order valence-electron chi connectivity index (χ4n) is 3.35. The van der Waals surface area contributed by atoms with Crippen LogP contribution in [0.1, 0.15) is 39.2 Å². The highest BCUT2D eigenvalue weighted by Gasteiger charge is 2.39. The molecule has 1 heterocycles. The van der Waals surface area contributed by atoms with Crippen LogP contribution in [0.5, 0.6) is 5.75 Å². The molecule has 0 aliphatic carbocycles. The van der Waals surface area contributed by atoms with Gasteiger partial charge in [0.25, 0.3) is 0 Å². The van der Waals surface area contributed by atoms with Crippen LogP contribution in [-0.2, 0) is 20.2 Å². The van der Waals surface area contributed by atoms with E-state index in [1.807, 2.05) is 20.8 Å². The summed E-state index contributed by atoms with van der Waals surface area (Å²) in [7, 11) is -3.94. The van der Waals surface area contributed by atoms with E-state index in [1.165, 1.54) is 18.2 Å². The number of halogens is 1. The number of benzene rings is 2. The second-order valence-corrected chi connectivity index (χ2v) is 10.1. The van der Waals surface area contributed by atoms with Crippen molar-refractivity contribution >= 4 is 21.6 Å². The maximum atomic E-state index is 13.2. The average Bonchev–Trinajstić information content (AvgIpc) is 3.14. The van der Waals surface area contributed by atoms with Gasteiger partial charge in [-0.1, -0.05) is 26.8 Å². The van der Waals surface area contributed by atoms with Gasteiger partial charge in [0.15, 0.2) is 0 Å². The summed E-state index contributed by atoms with van der Waals surface area (Å²) in [5.74, 6) is -1.12. The number of phenolic OH excluding ortho intramolecular Hbond substituents is 1. The highest BCUT2D eigenvalue weighted by atomic mass is 32.2. The zero-order valence-electron chi connectivity index (χ0n) is 16.6. The average molecular weight is 421 g/mol. The number of rotatable bonds is 4. The van der Waals surface area contributed by atoms with E-state index in [9.17, 15) is 22.7 Å². The minimum Gasteiger partial charge on any atom is -0.506 e. The maximum Gasteiger partial charge on any atom is 0.243 e. The molecule has 0 spiro atoms. The van der Waals surface area contributed by atoms with Crippen LogP contribution in [0.3, 0.4) is 0 Å². The molecule has 0 aromatic heterocycles. The van der Waals surface area contributed by atoms with Gasteiger partial charge in [0.2, 0.25) is 15.9 Å². The van der Waals surface area contributed by atoms with Crippen molar-refractivity contribution in [1.29, 1.82) is 0 Å². The lowest BCUT2D eigenvalue weighted by molar-refractivity contribution is -0.119. The van der Waals surface area contributed by atoms with E-state index in [4.69, 9.17) is 0 Å². The molecule has 1 fully saturated rings. The Morgan fingerprint density at radius 1 is 1.17 bits per heavy atom. The number of hydrogen-bond acceptors (Lipinski definition) is 4. The van der Waals surface area contributed by atoms with E-state index < -0.39 is 27.8 Å². The van der Waals surface area contributed by atoms with E-state index in [-0.39, 0.29) is 28.3 Å². The number of carbonyl (C=O) groups is 1. The molecule has 1 saturated heterocycles. The minimum absolute atomic E-state index is 0.0591. The lowest BCUT2D eigenvalue weighted by Gasteiger charge is -2.24. The first-order chi connectivity index (χ1) is 13.5. The second-order valence-electron chi connectivity index (χ2n) is 8.20. The Morgan fingerprint density at radius 2 is 1.83 bits per heavy atom. The van der Waals surface area contributed by atoms with Crippen LogP contribution in [-0.4, -0.2) is 36.3 Å². The van der Waals surface area contributed by atoms with E-state index >= 15 is 0 Å². The number of sulfonamides is 1. The standard InChI is InChI=1S/C21H25FN2O4S/c1-21(2,3)14-6-11-19(25)17(13-14)23-20(26)18-5-4-12-24(18)29(27,28)16-9-7-15(22)8-10-16/h6-11,13,18,25H,4-5,12H2,1-3H3,(H,23,26)/t18-/m0/s1. The summed E-state index contributed by atoms with van der Waals surface area (Å²) in [6.07, 6.45) is 0.901. The van der Waals surface area contributed by atoms with Crippen molar-refractivity contribution in [1.82, 2.24) is 4.31 Å². The predicted octanol–water partition coefficient (Wildman–Crippen LogP) is 3.62. The van der Waals surface area contributed by atoms with E-state index in [1.54, 1.807) is 12.1 Å². The Balaban J connectivity index is 1.85. The maximum absolute atomic E-state index is 13.2. The fourth-order valence-corrected chi connectivity index (χ4v) is 5.01. The molecule has 1 atom stereocenters. The summed E-state index contributed by atoms with van der Waals surface area (Å²) in [6, 6.07) is 8.63. The smallest absolute Gasteiger partial charge is 0.243 e. The summed E-state index contributed by atoms with van der Waals surface area (Å²) in [5.41, 5.74) is 0.986. The van der Waals surface area contributed by atoms with Crippen molar-refractivity contribution < 1.29 is 22.7 Å². The lowest BCUT2D eigenvalue weighted by Crippen LogP contribution is -2.43. The largest absolute Gasteiger partial charge is 0.506 e.